The average molecular weight is 370 g/mol. The number of aliphatic imine (C=N–C) groups is 1. The summed E-state index contributed by atoms with van der Waals surface area (Å²) < 4.78 is 5.76. The van der Waals surface area contributed by atoms with Gasteiger partial charge >= 0.3 is 5.97 Å². The number of aliphatic carboxylic acids is 1. The van der Waals surface area contributed by atoms with Crippen molar-refractivity contribution in [3.63, 3.8) is 0 Å². The molecule has 0 radical (unpaired) electrons. The second-order valence-corrected chi connectivity index (χ2v) is 6.40. The minimum atomic E-state index is -0.920. The van der Waals surface area contributed by atoms with Gasteiger partial charge in [-0.15, -0.1) is 0 Å². The number of ether oxygens (including phenoxy) is 1. The summed E-state index contributed by atoms with van der Waals surface area (Å²) >= 11 is 0. The Labute approximate surface area is 156 Å². The fraction of sp³-hybridized carbons (Fsp3) is 0.316. The number of aliphatic hydroxyl groups excluding tert-OH is 1. The van der Waals surface area contributed by atoms with E-state index < -0.39 is 18.1 Å². The molecule has 4 N–H and O–H groups in total. The monoisotopic (exact) mass is 370 g/mol. The second-order valence-electron chi connectivity index (χ2n) is 6.40. The van der Waals surface area contributed by atoms with Crippen LogP contribution in [0.25, 0.3) is 0 Å². The molecule has 8 nitrogen and oxygen atoms in total. The van der Waals surface area contributed by atoms with Crippen LogP contribution in [0.1, 0.15) is 25.3 Å². The molecule has 0 amide bonds. The number of carbonyl (C=O) groups is 1. The van der Waals surface area contributed by atoms with Crippen LogP contribution in [0.4, 0.5) is 5.69 Å². The topological polar surface area (TPSA) is 121 Å². The Morgan fingerprint density at radius 3 is 2.78 bits per heavy atom. The van der Waals surface area contributed by atoms with Gasteiger partial charge in [0.05, 0.1) is 24.0 Å². The Kier molecular flexibility index (Phi) is 5.56. The third-order valence-electron chi connectivity index (χ3n) is 4.39. The van der Waals surface area contributed by atoms with Gasteiger partial charge < -0.3 is 25.6 Å². The minimum Gasteiger partial charge on any atom is -0.481 e. The van der Waals surface area contributed by atoms with Crippen molar-refractivity contribution in [1.29, 1.82) is 0 Å². The van der Waals surface area contributed by atoms with Gasteiger partial charge in [-0.2, -0.15) is 0 Å². The van der Waals surface area contributed by atoms with Gasteiger partial charge in [-0.3, -0.25) is 4.79 Å². The lowest BCUT2D eigenvalue weighted by Crippen LogP contribution is -2.50. The first-order valence-electron chi connectivity index (χ1n) is 8.66. The third-order valence-corrected chi connectivity index (χ3v) is 4.39. The van der Waals surface area contributed by atoms with E-state index in [9.17, 15) is 9.90 Å². The number of nitrogens with zero attached hydrogens (tertiary/aromatic N) is 3. The maximum atomic E-state index is 10.9. The van der Waals surface area contributed by atoms with Crippen molar-refractivity contribution < 1.29 is 19.7 Å². The smallest absolute Gasteiger partial charge is 0.303 e. The number of carboxylic acids is 1. The number of aliphatic hydroxyl groups is 1. The first-order valence-corrected chi connectivity index (χ1v) is 8.66. The standard InChI is InChI=1S/C19H22N4O4/c1-12(24)16(7-8-18(25)26)23-11-13-9-17(21-10-15(13)22-19(23)20)27-14-5-3-2-4-6-14/h2-6,9-10,12,16,24H,7-8,11H2,1H3,(H2,20,22)(H,25,26). The molecule has 0 spiro atoms. The van der Waals surface area contributed by atoms with Gasteiger partial charge in [-0.05, 0) is 25.5 Å². The van der Waals surface area contributed by atoms with E-state index in [1.54, 1.807) is 24.1 Å². The summed E-state index contributed by atoms with van der Waals surface area (Å²) in [5.74, 6) is 0.410. The van der Waals surface area contributed by atoms with E-state index in [2.05, 4.69) is 9.98 Å². The van der Waals surface area contributed by atoms with Gasteiger partial charge in [0.1, 0.15) is 5.75 Å². The molecule has 1 aliphatic rings. The van der Waals surface area contributed by atoms with E-state index in [1.807, 2.05) is 30.3 Å². The highest BCUT2D eigenvalue weighted by molar-refractivity contribution is 5.84. The molecule has 0 saturated heterocycles. The zero-order chi connectivity index (χ0) is 19.4. The van der Waals surface area contributed by atoms with Crippen molar-refractivity contribution in [2.75, 3.05) is 0 Å². The Hall–Kier alpha value is -3.13. The molecule has 8 heteroatoms. The number of rotatable bonds is 7. The normalized spacial score (nSPS) is 15.5. The summed E-state index contributed by atoms with van der Waals surface area (Å²) in [5, 5.41) is 19.1. The molecule has 1 aromatic heterocycles. The minimum absolute atomic E-state index is 0.0646. The van der Waals surface area contributed by atoms with Gasteiger partial charge in [0.2, 0.25) is 5.88 Å². The maximum Gasteiger partial charge on any atom is 0.303 e. The average Bonchev–Trinajstić information content (AvgIpc) is 2.63. The summed E-state index contributed by atoms with van der Waals surface area (Å²) in [6.45, 7) is 2.00. The molecule has 1 aliphatic heterocycles. The number of para-hydroxylation sites is 1. The molecule has 142 valence electrons. The summed E-state index contributed by atoms with van der Waals surface area (Å²) in [6, 6.07) is 10.6. The van der Waals surface area contributed by atoms with Crippen molar-refractivity contribution in [3.8, 4) is 11.6 Å². The van der Waals surface area contributed by atoms with Crippen molar-refractivity contribution in [3.05, 3.63) is 48.2 Å². The lowest BCUT2D eigenvalue weighted by atomic mass is 10.0. The fourth-order valence-electron chi connectivity index (χ4n) is 3.03. The third kappa shape index (κ3) is 4.53. The number of carboxylic acid groups (broad SMARTS) is 1. The lowest BCUT2D eigenvalue weighted by molar-refractivity contribution is -0.137. The van der Waals surface area contributed by atoms with Gasteiger partial charge in [-0.25, -0.2) is 9.98 Å². The molecule has 2 heterocycles. The summed E-state index contributed by atoms with van der Waals surface area (Å²) in [7, 11) is 0. The van der Waals surface area contributed by atoms with Gasteiger partial charge in [-0.1, -0.05) is 18.2 Å². The summed E-state index contributed by atoms with van der Waals surface area (Å²) in [6.07, 6.45) is 1.02. The summed E-state index contributed by atoms with van der Waals surface area (Å²) in [4.78, 5) is 21.3. The molecule has 2 atom stereocenters. The Morgan fingerprint density at radius 1 is 1.37 bits per heavy atom. The van der Waals surface area contributed by atoms with Crippen LogP contribution in [0.2, 0.25) is 0 Å². The Balaban J connectivity index is 1.82. The molecule has 1 aromatic carbocycles. The first kappa shape index (κ1) is 18.7. The summed E-state index contributed by atoms with van der Waals surface area (Å²) in [5.41, 5.74) is 7.53. The number of fused-ring (bicyclic) bond motifs is 1. The molecular formula is C19H22N4O4. The predicted octanol–water partition coefficient (Wildman–Crippen LogP) is 2.25. The fourth-order valence-corrected chi connectivity index (χ4v) is 3.03. The lowest BCUT2D eigenvalue weighted by Gasteiger charge is -2.36. The number of hydrogen-bond donors (Lipinski definition) is 3. The first-order chi connectivity index (χ1) is 12.9. The van der Waals surface area contributed by atoms with Crippen LogP contribution in [0.15, 0.2) is 47.6 Å². The highest BCUT2D eigenvalue weighted by atomic mass is 16.5. The van der Waals surface area contributed by atoms with Crippen LogP contribution in [-0.2, 0) is 11.3 Å². The number of aromatic nitrogens is 1. The van der Waals surface area contributed by atoms with E-state index in [1.165, 1.54) is 0 Å². The number of nitrogens with two attached hydrogens (primary N) is 1. The van der Waals surface area contributed by atoms with E-state index in [4.69, 9.17) is 15.6 Å². The van der Waals surface area contributed by atoms with Crippen LogP contribution >= 0.6 is 0 Å². The molecule has 3 rings (SSSR count). The zero-order valence-corrected chi connectivity index (χ0v) is 14.9. The number of pyridine rings is 1. The van der Waals surface area contributed by atoms with Crippen LogP contribution in [0.5, 0.6) is 11.6 Å². The zero-order valence-electron chi connectivity index (χ0n) is 14.9. The van der Waals surface area contributed by atoms with Gasteiger partial charge in [0.25, 0.3) is 0 Å². The van der Waals surface area contributed by atoms with Crippen LogP contribution < -0.4 is 10.5 Å². The van der Waals surface area contributed by atoms with E-state index in [-0.39, 0.29) is 18.8 Å². The molecule has 27 heavy (non-hydrogen) atoms. The molecule has 0 bridgehead atoms. The Morgan fingerprint density at radius 2 is 2.11 bits per heavy atom. The van der Waals surface area contributed by atoms with Crippen molar-refractivity contribution in [2.45, 2.75) is 38.5 Å². The highest BCUT2D eigenvalue weighted by Gasteiger charge is 2.29. The second kappa shape index (κ2) is 8.05. The van der Waals surface area contributed by atoms with Crippen molar-refractivity contribution in [2.24, 2.45) is 10.7 Å². The van der Waals surface area contributed by atoms with Crippen LogP contribution in [-0.4, -0.2) is 44.2 Å². The van der Waals surface area contributed by atoms with Crippen molar-refractivity contribution in [1.82, 2.24) is 9.88 Å². The van der Waals surface area contributed by atoms with E-state index in [0.29, 0.717) is 23.9 Å². The highest BCUT2D eigenvalue weighted by Crippen LogP contribution is 2.31. The number of benzene rings is 1. The quantitative estimate of drug-likeness (QED) is 0.683. The SMILES string of the molecule is CC(O)C(CCC(=O)O)N1Cc2cc(Oc3ccccc3)ncc2N=C1N. The molecule has 0 saturated carbocycles. The maximum absolute atomic E-state index is 10.9. The molecule has 0 aliphatic carbocycles. The van der Waals surface area contributed by atoms with E-state index >= 15 is 0 Å². The number of guanidine groups is 1. The molecule has 2 aromatic rings. The molecule has 0 fully saturated rings. The van der Waals surface area contributed by atoms with Crippen molar-refractivity contribution >= 4 is 17.6 Å². The number of hydrogen-bond acceptors (Lipinski definition) is 7. The predicted molar refractivity (Wildman–Crippen MR) is 99.9 cm³/mol. The van der Waals surface area contributed by atoms with Crippen LogP contribution in [0, 0.1) is 0 Å². The molecule has 2 unspecified atom stereocenters. The molecular weight excluding hydrogens is 348 g/mol. The van der Waals surface area contributed by atoms with E-state index in [0.717, 1.165) is 5.56 Å². The van der Waals surface area contributed by atoms with Gasteiger partial charge in [0, 0.05) is 24.6 Å². The Bertz CT molecular complexity index is 839. The van der Waals surface area contributed by atoms with Crippen LogP contribution in [0.3, 0.4) is 0 Å². The largest absolute Gasteiger partial charge is 0.481 e. The van der Waals surface area contributed by atoms with Gasteiger partial charge in [0.15, 0.2) is 5.96 Å².